The molecule has 6 heteroatoms. The number of thiazole rings is 1. The van der Waals surface area contributed by atoms with Crippen molar-refractivity contribution in [2.75, 3.05) is 5.32 Å². The molecule has 0 bridgehead atoms. The summed E-state index contributed by atoms with van der Waals surface area (Å²) >= 11 is 1.54. The topological polar surface area (TPSA) is 74.2 Å². The van der Waals surface area contributed by atoms with Gasteiger partial charge in [0, 0.05) is 29.6 Å². The van der Waals surface area contributed by atoms with E-state index in [1.165, 1.54) is 41.7 Å². The predicted octanol–water partition coefficient (Wildman–Crippen LogP) is 6.02. The maximum absolute atomic E-state index is 12.8. The molecule has 2 saturated carbocycles. The third kappa shape index (κ3) is 4.39. The largest absolute Gasteiger partial charge is 0.508 e. The number of nitrogens with zero attached hydrogens (tertiary/aromatic N) is 1. The summed E-state index contributed by atoms with van der Waals surface area (Å²) in [4.78, 5) is 18.2. The first-order valence-electron chi connectivity index (χ1n) is 13.0. The number of nitrogens with one attached hydrogen (secondary N) is 2. The maximum Gasteiger partial charge on any atom is 0.226 e. The number of aromatic nitrogens is 1. The van der Waals surface area contributed by atoms with E-state index in [2.05, 4.69) is 42.5 Å². The Bertz CT molecular complexity index is 1050. The minimum Gasteiger partial charge on any atom is -0.508 e. The molecule has 1 aromatic heterocycles. The molecule has 2 aromatic rings. The zero-order valence-electron chi connectivity index (χ0n) is 20.9. The van der Waals surface area contributed by atoms with Crippen LogP contribution in [0.2, 0.25) is 0 Å². The number of carbonyl (C=O) groups excluding carboxylic acids is 1. The molecule has 4 unspecified atom stereocenters. The summed E-state index contributed by atoms with van der Waals surface area (Å²) < 4.78 is 0. The summed E-state index contributed by atoms with van der Waals surface area (Å²) in [6.45, 7) is 9.05. The van der Waals surface area contributed by atoms with Gasteiger partial charge < -0.3 is 15.7 Å². The zero-order valence-corrected chi connectivity index (χ0v) is 21.8. The van der Waals surface area contributed by atoms with Gasteiger partial charge in [-0.1, -0.05) is 26.8 Å². The Morgan fingerprint density at radius 1 is 1.32 bits per heavy atom. The van der Waals surface area contributed by atoms with Crippen molar-refractivity contribution in [3.05, 3.63) is 40.4 Å². The number of carbonyl (C=O) groups is 1. The van der Waals surface area contributed by atoms with Crippen LogP contribution in [0.15, 0.2) is 24.4 Å². The minimum atomic E-state index is 0.0909. The van der Waals surface area contributed by atoms with Gasteiger partial charge in [0.15, 0.2) is 5.13 Å². The molecule has 34 heavy (non-hydrogen) atoms. The molecule has 1 amide bonds. The van der Waals surface area contributed by atoms with Gasteiger partial charge in [0.1, 0.15) is 5.75 Å². The van der Waals surface area contributed by atoms with Gasteiger partial charge in [0.25, 0.3) is 0 Å². The number of aryl methyl sites for hydroxylation is 2. The third-order valence-corrected chi connectivity index (χ3v) is 9.82. The number of fused-ring (bicyclic) bond motifs is 5. The monoisotopic (exact) mass is 481 g/mol. The lowest BCUT2D eigenvalue weighted by Gasteiger charge is -2.52. The number of hydrogen-bond acceptors (Lipinski definition) is 5. The van der Waals surface area contributed by atoms with Crippen molar-refractivity contribution >= 4 is 22.4 Å². The number of hydrogen-bond donors (Lipinski definition) is 3. The quantitative estimate of drug-likeness (QED) is 0.471. The van der Waals surface area contributed by atoms with Gasteiger partial charge in [-0.25, -0.2) is 4.98 Å². The molecule has 3 aliphatic rings. The van der Waals surface area contributed by atoms with Crippen LogP contribution in [0.4, 0.5) is 5.13 Å². The first kappa shape index (κ1) is 23.8. The maximum atomic E-state index is 12.8. The number of aromatic hydroxyl groups is 1. The van der Waals surface area contributed by atoms with Crippen molar-refractivity contribution in [3.8, 4) is 5.75 Å². The summed E-state index contributed by atoms with van der Waals surface area (Å²) in [5, 5.41) is 17.7. The van der Waals surface area contributed by atoms with Crippen LogP contribution in [-0.4, -0.2) is 28.1 Å². The normalized spacial score (nSPS) is 32.2. The Morgan fingerprint density at radius 3 is 2.88 bits per heavy atom. The third-order valence-electron chi connectivity index (χ3n) is 8.99. The van der Waals surface area contributed by atoms with Crippen LogP contribution in [0.5, 0.6) is 5.75 Å². The molecule has 1 heterocycles. The highest BCUT2D eigenvalue weighted by molar-refractivity contribution is 7.15. The molecule has 3 N–H and O–H groups in total. The van der Waals surface area contributed by atoms with Crippen molar-refractivity contribution in [1.82, 2.24) is 10.3 Å². The van der Waals surface area contributed by atoms with Crippen LogP contribution < -0.4 is 10.6 Å². The Kier molecular flexibility index (Phi) is 6.49. The molecule has 0 aliphatic heterocycles. The molecular weight excluding hydrogens is 442 g/mol. The van der Waals surface area contributed by atoms with Gasteiger partial charge in [-0.3, -0.25) is 4.79 Å². The first-order chi connectivity index (χ1) is 16.2. The standard InChI is InChI=1S/C28H39N3O2S/c1-16(2)30-24-14-19(6-10-25(33)31-27-29-15-17(3)34-27)26-23-8-5-18-13-20(32)7-9-21(18)22(23)11-12-28(24,26)4/h7,9,13,15-16,19,22-24,26,30,32H,5-6,8,10-12,14H2,1-4H3,(H,29,31,33)/t19-,22?,23?,24?,26?,28-/m1/s1. The number of rotatable bonds is 6. The van der Waals surface area contributed by atoms with Crippen molar-refractivity contribution in [2.45, 2.75) is 90.6 Å². The number of amides is 1. The molecular formula is C28H39N3O2S. The summed E-state index contributed by atoms with van der Waals surface area (Å²) in [5.41, 5.74) is 3.08. The van der Waals surface area contributed by atoms with Crippen LogP contribution in [0.25, 0.3) is 0 Å². The predicted molar refractivity (Wildman–Crippen MR) is 138 cm³/mol. The van der Waals surface area contributed by atoms with Crippen LogP contribution in [0, 0.1) is 30.1 Å². The fourth-order valence-corrected chi connectivity index (χ4v) is 8.41. The minimum absolute atomic E-state index is 0.0909. The highest BCUT2D eigenvalue weighted by atomic mass is 32.1. The lowest BCUT2D eigenvalue weighted by atomic mass is 9.53. The van der Waals surface area contributed by atoms with E-state index in [-0.39, 0.29) is 11.3 Å². The van der Waals surface area contributed by atoms with Crippen molar-refractivity contribution < 1.29 is 9.90 Å². The summed E-state index contributed by atoms with van der Waals surface area (Å²) in [6, 6.07) is 7.01. The van der Waals surface area contributed by atoms with Gasteiger partial charge in [0.2, 0.25) is 5.91 Å². The molecule has 6 atom stereocenters. The summed E-state index contributed by atoms with van der Waals surface area (Å²) in [6.07, 6.45) is 9.17. The molecule has 0 spiro atoms. The first-order valence-corrected chi connectivity index (χ1v) is 13.9. The SMILES string of the molecule is Cc1cnc(NC(=O)CC[C@@H]2CC(NC(C)C)[C@@]3(C)CCC4c5ccc(O)cc5CCC4C23)s1. The number of benzene rings is 1. The second-order valence-corrected chi connectivity index (χ2v) is 12.7. The average molecular weight is 482 g/mol. The highest BCUT2D eigenvalue weighted by Crippen LogP contribution is 2.63. The smallest absolute Gasteiger partial charge is 0.226 e. The average Bonchev–Trinajstić information content (AvgIpc) is 3.31. The summed E-state index contributed by atoms with van der Waals surface area (Å²) in [7, 11) is 0. The molecule has 0 saturated heterocycles. The molecule has 5 rings (SSSR count). The molecule has 5 nitrogen and oxygen atoms in total. The van der Waals surface area contributed by atoms with E-state index in [0.29, 0.717) is 53.1 Å². The number of anilines is 1. The van der Waals surface area contributed by atoms with Crippen molar-refractivity contribution in [2.24, 2.45) is 23.2 Å². The summed E-state index contributed by atoms with van der Waals surface area (Å²) in [5.74, 6) is 2.89. The Morgan fingerprint density at radius 2 is 2.15 bits per heavy atom. The lowest BCUT2D eigenvalue weighted by molar-refractivity contribution is -0.116. The second kappa shape index (κ2) is 9.27. The lowest BCUT2D eigenvalue weighted by Crippen LogP contribution is -2.50. The van der Waals surface area contributed by atoms with Gasteiger partial charge in [0.05, 0.1) is 0 Å². The van der Waals surface area contributed by atoms with Crippen LogP contribution >= 0.6 is 11.3 Å². The number of phenols is 1. The second-order valence-electron chi connectivity index (χ2n) is 11.5. The molecule has 184 valence electrons. The van der Waals surface area contributed by atoms with Crippen LogP contribution in [0.3, 0.4) is 0 Å². The van der Waals surface area contributed by atoms with Crippen molar-refractivity contribution in [3.63, 3.8) is 0 Å². The molecule has 1 aromatic carbocycles. The van der Waals surface area contributed by atoms with E-state index in [0.717, 1.165) is 24.1 Å². The van der Waals surface area contributed by atoms with E-state index in [9.17, 15) is 9.90 Å². The molecule has 0 radical (unpaired) electrons. The van der Waals surface area contributed by atoms with Crippen molar-refractivity contribution in [1.29, 1.82) is 0 Å². The van der Waals surface area contributed by atoms with Crippen LogP contribution in [0.1, 0.15) is 81.2 Å². The van der Waals surface area contributed by atoms with Gasteiger partial charge in [-0.05, 0) is 97.8 Å². The van der Waals surface area contributed by atoms with Gasteiger partial charge in [-0.15, -0.1) is 11.3 Å². The van der Waals surface area contributed by atoms with E-state index < -0.39 is 0 Å². The van der Waals surface area contributed by atoms with Crippen LogP contribution in [-0.2, 0) is 11.2 Å². The van der Waals surface area contributed by atoms with Gasteiger partial charge >= 0.3 is 0 Å². The fraction of sp³-hybridized carbons (Fsp3) is 0.643. The highest BCUT2D eigenvalue weighted by Gasteiger charge is 2.58. The Balaban J connectivity index is 1.36. The van der Waals surface area contributed by atoms with E-state index in [1.807, 2.05) is 25.3 Å². The number of phenolic OH excluding ortho intramolecular Hbond substituents is 1. The van der Waals surface area contributed by atoms with E-state index in [1.54, 1.807) is 0 Å². The fourth-order valence-electron chi connectivity index (χ4n) is 7.73. The molecule has 3 aliphatic carbocycles. The Hall–Kier alpha value is -1.92. The van der Waals surface area contributed by atoms with E-state index in [4.69, 9.17) is 0 Å². The van der Waals surface area contributed by atoms with E-state index >= 15 is 0 Å². The molecule has 2 fully saturated rings. The van der Waals surface area contributed by atoms with Gasteiger partial charge in [-0.2, -0.15) is 0 Å². The zero-order chi connectivity index (χ0) is 24.0. The Labute approximate surface area is 207 Å².